The Labute approximate surface area is 212 Å². The molecule has 0 unspecified atom stereocenters. The van der Waals surface area contributed by atoms with E-state index in [9.17, 15) is 9.59 Å². The Hall–Kier alpha value is -3.21. The van der Waals surface area contributed by atoms with E-state index in [2.05, 4.69) is 39.9 Å². The normalized spacial score (nSPS) is 14.9. The number of thiophene rings is 1. The second-order valence-corrected chi connectivity index (χ2v) is 11.1. The summed E-state index contributed by atoms with van der Waals surface area (Å²) in [5, 5.41) is 5.41. The molecule has 0 bridgehead atoms. The highest BCUT2D eigenvalue weighted by Gasteiger charge is 2.32. The van der Waals surface area contributed by atoms with Crippen molar-refractivity contribution >= 4 is 48.9 Å². The molecule has 8 nitrogen and oxygen atoms in total. The molecule has 0 fully saturated rings. The highest BCUT2D eigenvalue weighted by Crippen LogP contribution is 2.40. The second-order valence-electron chi connectivity index (χ2n) is 9.11. The van der Waals surface area contributed by atoms with Gasteiger partial charge in [-0.2, -0.15) is 4.52 Å². The fraction of sp³-hybridized carbons (Fsp3) is 0.240. The largest absolute Gasteiger partial charge is 0.370 e. The van der Waals surface area contributed by atoms with Crippen LogP contribution in [0.15, 0.2) is 58.1 Å². The van der Waals surface area contributed by atoms with E-state index < -0.39 is 5.69 Å². The van der Waals surface area contributed by atoms with Crippen molar-refractivity contribution in [3.63, 3.8) is 0 Å². The summed E-state index contributed by atoms with van der Waals surface area (Å²) in [6, 6.07) is 10.7. The van der Waals surface area contributed by atoms with Gasteiger partial charge in [0.1, 0.15) is 4.83 Å². The van der Waals surface area contributed by atoms with Gasteiger partial charge in [0.25, 0.3) is 0 Å². The molecule has 0 spiro atoms. The first-order valence-electron chi connectivity index (χ1n) is 11.1. The van der Waals surface area contributed by atoms with E-state index in [1.807, 2.05) is 24.3 Å². The van der Waals surface area contributed by atoms with Gasteiger partial charge in [0.05, 0.1) is 24.1 Å². The topological polar surface area (TPSA) is 91.4 Å². The third-order valence-corrected chi connectivity index (χ3v) is 7.92. The average Bonchev–Trinajstić information content (AvgIpc) is 3.44. The van der Waals surface area contributed by atoms with Crippen LogP contribution >= 0.6 is 27.3 Å². The van der Waals surface area contributed by atoms with Crippen LogP contribution in [0, 0.1) is 0 Å². The molecule has 1 aliphatic rings. The average molecular weight is 550 g/mol. The van der Waals surface area contributed by atoms with Crippen LogP contribution in [0.2, 0.25) is 0 Å². The molecule has 5 heterocycles. The molecule has 5 aromatic rings. The molecule has 0 atom stereocenters. The molecule has 0 amide bonds. The molecule has 35 heavy (non-hydrogen) atoms. The number of ether oxygens (including phenoxy) is 1. The number of nitrogens with zero attached hydrogens (tertiary/aromatic N) is 5. The van der Waals surface area contributed by atoms with Crippen LogP contribution in [0.4, 0.5) is 0 Å². The van der Waals surface area contributed by atoms with Crippen LogP contribution in [0.3, 0.4) is 0 Å². The number of halogens is 1. The van der Waals surface area contributed by atoms with Gasteiger partial charge in [-0.05, 0) is 43.7 Å². The molecule has 6 rings (SSSR count). The first-order valence-corrected chi connectivity index (χ1v) is 12.7. The molecule has 176 valence electrons. The summed E-state index contributed by atoms with van der Waals surface area (Å²) in [7, 11) is 0. The van der Waals surface area contributed by atoms with Crippen molar-refractivity contribution in [2.45, 2.75) is 39.0 Å². The van der Waals surface area contributed by atoms with E-state index in [0.717, 1.165) is 25.9 Å². The fourth-order valence-electron chi connectivity index (χ4n) is 4.40. The van der Waals surface area contributed by atoms with E-state index in [0.29, 0.717) is 34.9 Å². The molecule has 10 heteroatoms. The van der Waals surface area contributed by atoms with Crippen LogP contribution < -0.4 is 5.69 Å². The summed E-state index contributed by atoms with van der Waals surface area (Å²) in [6.07, 6.45) is 4.00. The Morgan fingerprint density at radius 2 is 1.91 bits per heavy atom. The zero-order valence-electron chi connectivity index (χ0n) is 19.0. The smallest absolute Gasteiger partial charge is 0.352 e. The first kappa shape index (κ1) is 22.3. The SMILES string of the molecule is CC1(C)Cc2c(sc3c2c2nc(-c4ccncc4)nn2c(=O)n3CC(=O)c2ccc(Br)cc2)CO1. The van der Waals surface area contributed by atoms with Crippen molar-refractivity contribution in [2.75, 3.05) is 0 Å². The van der Waals surface area contributed by atoms with Gasteiger partial charge in [0.2, 0.25) is 0 Å². The molecule has 4 aromatic heterocycles. The minimum Gasteiger partial charge on any atom is -0.370 e. The fourth-order valence-corrected chi connectivity index (χ4v) is 5.88. The summed E-state index contributed by atoms with van der Waals surface area (Å²) in [4.78, 5) is 37.5. The van der Waals surface area contributed by atoms with E-state index in [1.165, 1.54) is 20.4 Å². The van der Waals surface area contributed by atoms with Crippen molar-refractivity contribution < 1.29 is 9.53 Å². The summed E-state index contributed by atoms with van der Waals surface area (Å²) in [6.45, 7) is 4.46. The Bertz CT molecular complexity index is 1670. The number of hydrogen-bond donors (Lipinski definition) is 0. The number of rotatable bonds is 4. The second kappa shape index (κ2) is 8.18. The van der Waals surface area contributed by atoms with Crippen LogP contribution in [0.25, 0.3) is 27.3 Å². The molecular weight excluding hydrogens is 530 g/mol. The third-order valence-electron chi connectivity index (χ3n) is 6.16. The molecule has 0 saturated carbocycles. The summed E-state index contributed by atoms with van der Waals surface area (Å²) >= 11 is 4.88. The highest BCUT2D eigenvalue weighted by molar-refractivity contribution is 9.10. The number of carbonyl (C=O) groups is 1. The Kier molecular flexibility index (Phi) is 5.21. The maximum atomic E-state index is 13.7. The van der Waals surface area contributed by atoms with Crippen molar-refractivity contribution in [3.05, 3.63) is 79.8 Å². The van der Waals surface area contributed by atoms with Crippen molar-refractivity contribution in [2.24, 2.45) is 0 Å². The Balaban J connectivity index is 1.60. The number of ketones is 1. The number of hydrogen-bond acceptors (Lipinski definition) is 7. The Morgan fingerprint density at radius 1 is 1.17 bits per heavy atom. The summed E-state index contributed by atoms with van der Waals surface area (Å²) in [5.74, 6) is 0.284. The van der Waals surface area contributed by atoms with Crippen molar-refractivity contribution in [3.8, 4) is 11.4 Å². The van der Waals surface area contributed by atoms with E-state index in [4.69, 9.17) is 9.72 Å². The van der Waals surface area contributed by atoms with E-state index in [-0.39, 0.29) is 17.9 Å². The predicted molar refractivity (Wildman–Crippen MR) is 137 cm³/mol. The summed E-state index contributed by atoms with van der Waals surface area (Å²) in [5.41, 5.74) is 2.16. The van der Waals surface area contributed by atoms with Crippen LogP contribution in [-0.4, -0.2) is 35.5 Å². The Morgan fingerprint density at radius 3 is 2.66 bits per heavy atom. The van der Waals surface area contributed by atoms with Crippen LogP contribution in [-0.2, 0) is 24.3 Å². The molecule has 0 N–H and O–H groups in total. The summed E-state index contributed by atoms with van der Waals surface area (Å²) < 4.78 is 9.77. The number of carbonyl (C=O) groups excluding carboxylic acids is 1. The van der Waals surface area contributed by atoms with E-state index in [1.54, 1.807) is 24.5 Å². The maximum Gasteiger partial charge on any atom is 0.352 e. The maximum absolute atomic E-state index is 13.7. The number of Topliss-reactive ketones (excluding diaryl/α,β-unsaturated/α-hetero) is 1. The third kappa shape index (κ3) is 3.81. The van der Waals surface area contributed by atoms with Crippen LogP contribution in [0.5, 0.6) is 0 Å². The van der Waals surface area contributed by atoms with Gasteiger partial charge >= 0.3 is 5.69 Å². The number of fused-ring (bicyclic) bond motifs is 5. The number of benzene rings is 1. The zero-order valence-corrected chi connectivity index (χ0v) is 21.4. The predicted octanol–water partition coefficient (Wildman–Crippen LogP) is 4.66. The molecule has 0 radical (unpaired) electrons. The first-order chi connectivity index (χ1) is 16.8. The quantitative estimate of drug-likeness (QED) is 0.302. The monoisotopic (exact) mass is 549 g/mol. The van der Waals surface area contributed by atoms with Crippen LogP contribution in [0.1, 0.15) is 34.6 Å². The lowest BCUT2D eigenvalue weighted by atomic mass is 9.94. The lowest BCUT2D eigenvalue weighted by Gasteiger charge is -2.30. The molecule has 1 aromatic carbocycles. The molecule has 1 aliphatic heterocycles. The molecule has 0 aliphatic carbocycles. The van der Waals surface area contributed by atoms with Gasteiger partial charge in [0, 0.05) is 39.3 Å². The minimum absolute atomic E-state index is 0.0962. The van der Waals surface area contributed by atoms with Crippen molar-refractivity contribution in [1.82, 2.24) is 24.1 Å². The lowest BCUT2D eigenvalue weighted by molar-refractivity contribution is -0.0379. The van der Waals surface area contributed by atoms with Gasteiger partial charge < -0.3 is 4.74 Å². The zero-order chi connectivity index (χ0) is 24.3. The highest BCUT2D eigenvalue weighted by atomic mass is 79.9. The number of aromatic nitrogens is 5. The van der Waals surface area contributed by atoms with Gasteiger partial charge in [-0.25, -0.2) is 9.78 Å². The number of pyridine rings is 1. The minimum atomic E-state index is -0.399. The van der Waals surface area contributed by atoms with Gasteiger partial charge in [-0.1, -0.05) is 28.1 Å². The van der Waals surface area contributed by atoms with Gasteiger partial charge in [-0.15, -0.1) is 16.4 Å². The molecule has 0 saturated heterocycles. The molecular formula is C25H20BrN5O3S. The van der Waals surface area contributed by atoms with Gasteiger partial charge in [-0.3, -0.25) is 14.3 Å². The van der Waals surface area contributed by atoms with Gasteiger partial charge in [0.15, 0.2) is 17.3 Å². The van der Waals surface area contributed by atoms with E-state index >= 15 is 0 Å². The van der Waals surface area contributed by atoms with Crippen molar-refractivity contribution in [1.29, 1.82) is 0 Å². The standard InChI is InChI=1S/C25H20BrN5O3S/c1-25(2)11-17-19(13-34-25)35-23-20(17)22-28-21(15-7-9-27-10-8-15)29-31(22)24(33)30(23)12-18(32)14-3-5-16(26)6-4-14/h3-10H,11-13H2,1-2H3. The lowest BCUT2D eigenvalue weighted by Crippen LogP contribution is -2.32.